The van der Waals surface area contributed by atoms with Gasteiger partial charge in [-0.1, -0.05) is 91.0 Å². The minimum absolute atomic E-state index is 0.0650. The highest BCUT2D eigenvalue weighted by molar-refractivity contribution is 5.83. The largest absolute Gasteiger partial charge is 0.480 e. The van der Waals surface area contributed by atoms with E-state index >= 15 is 0 Å². The Balaban J connectivity index is 1.65. The Labute approximate surface area is 191 Å². The van der Waals surface area contributed by atoms with Crippen LogP contribution in [0.1, 0.15) is 16.7 Å². The topological polar surface area (TPSA) is 86.7 Å². The molecule has 0 saturated heterocycles. The lowest BCUT2D eigenvalue weighted by atomic mass is 10.0. The standard InChI is InChI=1S/C27H24N2O4/c30-25-23(28-22(27(32)33)16-19-10-4-1-5-11-19)24(26(25)31)29(17-20-12-6-2-7-13-20)18-21-14-8-3-9-15-21/h1-15,22,28H,16-18H2,(H,32,33)/t22-/m0/s1. The second-order valence-electron chi connectivity index (χ2n) is 7.93. The van der Waals surface area contributed by atoms with Crippen molar-refractivity contribution < 1.29 is 9.90 Å². The number of carbonyl (C=O) groups is 1. The van der Waals surface area contributed by atoms with Gasteiger partial charge in [0.1, 0.15) is 17.4 Å². The van der Waals surface area contributed by atoms with Gasteiger partial charge in [-0.05, 0) is 16.7 Å². The molecule has 4 aromatic carbocycles. The van der Waals surface area contributed by atoms with Crippen LogP contribution in [0.15, 0.2) is 101 Å². The third-order valence-corrected chi connectivity index (χ3v) is 5.53. The summed E-state index contributed by atoms with van der Waals surface area (Å²) in [4.78, 5) is 38.9. The first-order valence-electron chi connectivity index (χ1n) is 10.7. The zero-order valence-electron chi connectivity index (χ0n) is 18.0. The number of carboxylic acids is 1. The molecular formula is C27H24N2O4. The van der Waals surface area contributed by atoms with E-state index in [4.69, 9.17) is 0 Å². The summed E-state index contributed by atoms with van der Waals surface area (Å²) in [5.41, 5.74) is 1.78. The van der Waals surface area contributed by atoms with Crippen molar-refractivity contribution in [1.82, 2.24) is 0 Å². The van der Waals surface area contributed by atoms with Crippen LogP contribution in [0.25, 0.3) is 0 Å². The summed E-state index contributed by atoms with van der Waals surface area (Å²) in [5, 5.41) is 12.6. The van der Waals surface area contributed by atoms with Crippen LogP contribution in [-0.2, 0) is 24.3 Å². The zero-order chi connectivity index (χ0) is 23.2. The molecule has 6 nitrogen and oxygen atoms in total. The lowest BCUT2D eigenvalue weighted by molar-refractivity contribution is -0.137. The predicted molar refractivity (Wildman–Crippen MR) is 129 cm³/mol. The molecule has 0 radical (unpaired) electrons. The molecule has 0 amide bonds. The third-order valence-electron chi connectivity index (χ3n) is 5.53. The number of nitrogens with zero attached hydrogens (tertiary/aromatic N) is 1. The molecule has 166 valence electrons. The fraction of sp³-hybridized carbons (Fsp3) is 0.148. The van der Waals surface area contributed by atoms with E-state index in [0.29, 0.717) is 13.1 Å². The van der Waals surface area contributed by atoms with E-state index in [1.165, 1.54) is 0 Å². The number of benzene rings is 3. The Kier molecular flexibility index (Phi) is 6.64. The van der Waals surface area contributed by atoms with Gasteiger partial charge in [-0.25, -0.2) is 4.79 Å². The SMILES string of the molecule is O=C(O)[C@H](Cc1ccccc1)Nc1c(N(Cc2ccccc2)Cc2ccccc2)c(=O)c1=O. The Morgan fingerprint density at radius 3 is 1.64 bits per heavy atom. The number of rotatable bonds is 10. The van der Waals surface area contributed by atoms with Crippen molar-refractivity contribution >= 4 is 17.3 Å². The highest BCUT2D eigenvalue weighted by Gasteiger charge is 2.30. The molecule has 1 atom stereocenters. The van der Waals surface area contributed by atoms with Gasteiger partial charge < -0.3 is 15.3 Å². The predicted octanol–water partition coefficient (Wildman–Crippen LogP) is 3.60. The molecule has 33 heavy (non-hydrogen) atoms. The number of aliphatic carboxylic acids is 1. The molecule has 0 aromatic heterocycles. The van der Waals surface area contributed by atoms with Crippen LogP contribution in [0, 0.1) is 0 Å². The van der Waals surface area contributed by atoms with Crippen LogP contribution in [-0.4, -0.2) is 17.1 Å². The molecule has 0 aliphatic rings. The van der Waals surface area contributed by atoms with Crippen LogP contribution >= 0.6 is 0 Å². The number of nitrogens with one attached hydrogen (secondary N) is 1. The lowest BCUT2D eigenvalue weighted by Gasteiger charge is -2.29. The van der Waals surface area contributed by atoms with E-state index in [9.17, 15) is 19.5 Å². The van der Waals surface area contributed by atoms with Crippen LogP contribution in [0.5, 0.6) is 0 Å². The summed E-state index contributed by atoms with van der Waals surface area (Å²) in [6, 6.07) is 27.4. The Bertz CT molecular complexity index is 1240. The summed E-state index contributed by atoms with van der Waals surface area (Å²) in [6.45, 7) is 0.817. The Morgan fingerprint density at radius 2 is 1.18 bits per heavy atom. The van der Waals surface area contributed by atoms with Gasteiger partial charge in [-0.15, -0.1) is 0 Å². The second-order valence-corrected chi connectivity index (χ2v) is 7.93. The fourth-order valence-corrected chi connectivity index (χ4v) is 3.86. The van der Waals surface area contributed by atoms with Gasteiger partial charge in [-0.3, -0.25) is 9.59 Å². The summed E-state index contributed by atoms with van der Waals surface area (Å²) in [5.74, 6) is -1.09. The van der Waals surface area contributed by atoms with E-state index in [1.807, 2.05) is 95.9 Å². The molecule has 0 saturated carbocycles. The molecule has 0 fully saturated rings. The van der Waals surface area contributed by atoms with E-state index in [0.717, 1.165) is 16.7 Å². The van der Waals surface area contributed by atoms with E-state index < -0.39 is 22.9 Å². The molecule has 0 aliphatic carbocycles. The maximum absolute atomic E-state index is 12.7. The molecule has 4 aromatic rings. The van der Waals surface area contributed by atoms with Crippen LogP contribution in [0.2, 0.25) is 0 Å². The first-order valence-corrected chi connectivity index (χ1v) is 10.7. The van der Waals surface area contributed by atoms with E-state index in [2.05, 4.69) is 5.32 Å². The summed E-state index contributed by atoms with van der Waals surface area (Å²) >= 11 is 0. The van der Waals surface area contributed by atoms with Gasteiger partial charge in [-0.2, -0.15) is 0 Å². The molecule has 0 heterocycles. The van der Waals surface area contributed by atoms with Crippen LogP contribution in [0.4, 0.5) is 11.4 Å². The zero-order valence-corrected chi connectivity index (χ0v) is 18.0. The number of hydrogen-bond acceptors (Lipinski definition) is 5. The highest BCUT2D eigenvalue weighted by atomic mass is 16.4. The van der Waals surface area contributed by atoms with Crippen molar-refractivity contribution in [1.29, 1.82) is 0 Å². The van der Waals surface area contributed by atoms with Gasteiger partial charge in [0.25, 0.3) is 10.9 Å². The number of anilines is 2. The first-order chi connectivity index (χ1) is 16.0. The van der Waals surface area contributed by atoms with Gasteiger partial charge >= 0.3 is 5.97 Å². The van der Waals surface area contributed by atoms with Crippen LogP contribution in [0.3, 0.4) is 0 Å². The molecule has 4 rings (SSSR count). The van der Waals surface area contributed by atoms with Crippen molar-refractivity contribution in [3.05, 3.63) is 128 Å². The van der Waals surface area contributed by atoms with Crippen molar-refractivity contribution in [2.45, 2.75) is 25.6 Å². The molecule has 0 unspecified atom stereocenters. The minimum atomic E-state index is -1.09. The van der Waals surface area contributed by atoms with Crippen LogP contribution < -0.4 is 21.1 Å². The second kappa shape index (κ2) is 9.96. The fourth-order valence-electron chi connectivity index (χ4n) is 3.86. The molecule has 2 N–H and O–H groups in total. The monoisotopic (exact) mass is 440 g/mol. The van der Waals surface area contributed by atoms with Gasteiger partial charge in [0, 0.05) is 19.5 Å². The molecule has 0 aliphatic heterocycles. The van der Waals surface area contributed by atoms with Crippen molar-refractivity contribution in [2.75, 3.05) is 10.2 Å². The lowest BCUT2D eigenvalue weighted by Crippen LogP contribution is -2.45. The molecule has 0 bridgehead atoms. The maximum atomic E-state index is 12.7. The summed E-state index contributed by atoms with van der Waals surface area (Å²) < 4.78 is 0. The van der Waals surface area contributed by atoms with E-state index in [-0.39, 0.29) is 17.8 Å². The smallest absolute Gasteiger partial charge is 0.326 e. The molecule has 0 spiro atoms. The number of hydrogen-bond donors (Lipinski definition) is 2. The van der Waals surface area contributed by atoms with Crippen molar-refractivity contribution in [3.63, 3.8) is 0 Å². The Morgan fingerprint density at radius 1 is 0.727 bits per heavy atom. The summed E-state index contributed by atoms with van der Waals surface area (Å²) in [6.07, 6.45) is 0.186. The average Bonchev–Trinajstić information content (AvgIpc) is 2.84. The Hall–Kier alpha value is -4.19. The molecular weight excluding hydrogens is 416 g/mol. The normalized spacial score (nSPS) is 11.8. The van der Waals surface area contributed by atoms with E-state index in [1.54, 1.807) is 0 Å². The quantitative estimate of drug-likeness (QED) is 0.367. The van der Waals surface area contributed by atoms with Crippen molar-refractivity contribution in [3.8, 4) is 0 Å². The molecule has 6 heteroatoms. The van der Waals surface area contributed by atoms with Gasteiger partial charge in [0.15, 0.2) is 0 Å². The maximum Gasteiger partial charge on any atom is 0.326 e. The number of carboxylic acid groups (broad SMARTS) is 1. The van der Waals surface area contributed by atoms with Gasteiger partial charge in [0.2, 0.25) is 0 Å². The highest BCUT2D eigenvalue weighted by Crippen LogP contribution is 2.26. The van der Waals surface area contributed by atoms with Gasteiger partial charge in [0.05, 0.1) is 0 Å². The average molecular weight is 440 g/mol. The van der Waals surface area contributed by atoms with Crippen molar-refractivity contribution in [2.24, 2.45) is 0 Å². The minimum Gasteiger partial charge on any atom is -0.480 e. The summed E-state index contributed by atoms with van der Waals surface area (Å²) in [7, 11) is 0. The first kappa shape index (κ1) is 22.0. The third kappa shape index (κ3) is 5.18.